The lowest BCUT2D eigenvalue weighted by atomic mass is 10.1. The predicted octanol–water partition coefficient (Wildman–Crippen LogP) is 3.38. The van der Waals surface area contributed by atoms with Gasteiger partial charge in [-0.05, 0) is 24.1 Å². The largest absolute Gasteiger partial charge is 0.490 e. The Morgan fingerprint density at radius 3 is 2.74 bits per heavy atom. The van der Waals surface area contributed by atoms with Gasteiger partial charge in [-0.1, -0.05) is 19.9 Å². The standard InChI is InChI=1S/C15H23NO2S/c1-3-11(2)19-10-13(16)12-5-6-14-15(9-12)18-8-4-7-17-14/h5-6,9,11,13H,3-4,7-8,10,16H2,1-2H3. The molecule has 4 heteroatoms. The quantitative estimate of drug-likeness (QED) is 0.898. The predicted molar refractivity (Wildman–Crippen MR) is 81.2 cm³/mol. The zero-order valence-electron chi connectivity index (χ0n) is 11.7. The molecular formula is C15H23NO2S. The molecule has 2 unspecified atom stereocenters. The van der Waals surface area contributed by atoms with E-state index < -0.39 is 0 Å². The fraction of sp³-hybridized carbons (Fsp3) is 0.600. The molecule has 19 heavy (non-hydrogen) atoms. The van der Waals surface area contributed by atoms with Crippen molar-refractivity contribution in [3.8, 4) is 11.5 Å². The summed E-state index contributed by atoms with van der Waals surface area (Å²) in [6.07, 6.45) is 2.11. The van der Waals surface area contributed by atoms with E-state index in [0.717, 1.165) is 35.8 Å². The Kier molecular flexibility index (Phi) is 5.40. The Morgan fingerprint density at radius 1 is 1.26 bits per heavy atom. The van der Waals surface area contributed by atoms with Gasteiger partial charge in [-0.3, -0.25) is 0 Å². The molecule has 1 aromatic carbocycles. The second kappa shape index (κ2) is 7.06. The van der Waals surface area contributed by atoms with Gasteiger partial charge in [0.1, 0.15) is 0 Å². The Morgan fingerprint density at radius 2 is 2.00 bits per heavy atom. The molecule has 0 saturated carbocycles. The maximum atomic E-state index is 6.25. The molecule has 106 valence electrons. The maximum Gasteiger partial charge on any atom is 0.161 e. The average Bonchev–Trinajstić information content (AvgIpc) is 2.68. The first-order valence-corrected chi connectivity index (χ1v) is 8.02. The van der Waals surface area contributed by atoms with Crippen molar-refractivity contribution in [1.82, 2.24) is 0 Å². The zero-order chi connectivity index (χ0) is 13.7. The van der Waals surface area contributed by atoms with Crippen LogP contribution < -0.4 is 15.2 Å². The van der Waals surface area contributed by atoms with E-state index in [1.54, 1.807) is 0 Å². The molecule has 1 aliphatic rings. The Labute approximate surface area is 119 Å². The maximum absolute atomic E-state index is 6.25. The molecule has 2 atom stereocenters. The summed E-state index contributed by atoms with van der Waals surface area (Å²) in [4.78, 5) is 0. The molecule has 0 saturated heterocycles. The van der Waals surface area contributed by atoms with Crippen molar-refractivity contribution < 1.29 is 9.47 Å². The third-order valence-electron chi connectivity index (χ3n) is 3.33. The minimum Gasteiger partial charge on any atom is -0.490 e. The SMILES string of the molecule is CCC(C)SCC(N)c1ccc2c(c1)OCCCO2. The van der Waals surface area contributed by atoms with Gasteiger partial charge in [-0.2, -0.15) is 11.8 Å². The van der Waals surface area contributed by atoms with Crippen LogP contribution in [0.5, 0.6) is 11.5 Å². The second-order valence-corrected chi connectivity index (χ2v) is 6.39. The highest BCUT2D eigenvalue weighted by atomic mass is 32.2. The molecule has 1 aliphatic heterocycles. The number of benzene rings is 1. The van der Waals surface area contributed by atoms with Crippen molar-refractivity contribution >= 4 is 11.8 Å². The van der Waals surface area contributed by atoms with Crippen molar-refractivity contribution in [2.45, 2.75) is 38.0 Å². The third-order valence-corrected chi connectivity index (χ3v) is 4.79. The topological polar surface area (TPSA) is 44.5 Å². The number of thioether (sulfide) groups is 1. The zero-order valence-corrected chi connectivity index (χ0v) is 12.5. The molecule has 0 radical (unpaired) electrons. The van der Waals surface area contributed by atoms with Gasteiger partial charge in [0.2, 0.25) is 0 Å². The number of rotatable bonds is 5. The fourth-order valence-corrected chi connectivity index (χ4v) is 2.86. The molecule has 0 amide bonds. The highest BCUT2D eigenvalue weighted by molar-refractivity contribution is 7.99. The highest BCUT2D eigenvalue weighted by Crippen LogP contribution is 2.32. The van der Waals surface area contributed by atoms with Gasteiger partial charge in [-0.15, -0.1) is 0 Å². The number of hydrogen-bond donors (Lipinski definition) is 1. The Hall–Kier alpha value is -0.870. The van der Waals surface area contributed by atoms with E-state index >= 15 is 0 Å². The summed E-state index contributed by atoms with van der Waals surface area (Å²) in [7, 11) is 0. The van der Waals surface area contributed by atoms with Crippen LogP contribution >= 0.6 is 11.8 Å². The first-order valence-electron chi connectivity index (χ1n) is 6.97. The normalized spacial score (nSPS) is 17.6. The lowest BCUT2D eigenvalue weighted by Gasteiger charge is -2.16. The molecule has 0 aromatic heterocycles. The molecule has 1 aromatic rings. The average molecular weight is 281 g/mol. The fourth-order valence-electron chi connectivity index (χ4n) is 1.89. The molecule has 0 fully saturated rings. The van der Waals surface area contributed by atoms with E-state index in [2.05, 4.69) is 19.9 Å². The van der Waals surface area contributed by atoms with Gasteiger partial charge in [0.05, 0.1) is 13.2 Å². The molecular weight excluding hydrogens is 258 g/mol. The molecule has 3 nitrogen and oxygen atoms in total. The summed E-state index contributed by atoms with van der Waals surface area (Å²) in [5.41, 5.74) is 7.38. The molecule has 2 N–H and O–H groups in total. The minimum absolute atomic E-state index is 0.0520. The summed E-state index contributed by atoms with van der Waals surface area (Å²) < 4.78 is 11.3. The van der Waals surface area contributed by atoms with Crippen molar-refractivity contribution in [1.29, 1.82) is 0 Å². The van der Waals surface area contributed by atoms with Crippen LogP contribution in [0.3, 0.4) is 0 Å². The third kappa shape index (κ3) is 4.05. The Bertz CT molecular complexity index is 411. The molecule has 1 heterocycles. The molecule has 0 spiro atoms. The van der Waals surface area contributed by atoms with Gasteiger partial charge in [0.25, 0.3) is 0 Å². The van der Waals surface area contributed by atoms with Crippen molar-refractivity contribution in [3.63, 3.8) is 0 Å². The lowest BCUT2D eigenvalue weighted by Crippen LogP contribution is -2.14. The summed E-state index contributed by atoms with van der Waals surface area (Å²) in [6.45, 7) is 5.89. The van der Waals surface area contributed by atoms with E-state index in [0.29, 0.717) is 11.9 Å². The number of nitrogens with two attached hydrogens (primary N) is 1. The van der Waals surface area contributed by atoms with E-state index in [4.69, 9.17) is 15.2 Å². The minimum atomic E-state index is 0.0520. The van der Waals surface area contributed by atoms with Gasteiger partial charge in [0, 0.05) is 23.5 Å². The summed E-state index contributed by atoms with van der Waals surface area (Å²) in [5.74, 6) is 2.61. The van der Waals surface area contributed by atoms with Crippen LogP contribution in [-0.2, 0) is 0 Å². The van der Waals surface area contributed by atoms with Crippen LogP contribution in [0.15, 0.2) is 18.2 Å². The van der Waals surface area contributed by atoms with Crippen molar-refractivity contribution in [2.75, 3.05) is 19.0 Å². The number of ether oxygens (including phenoxy) is 2. The first kappa shape index (κ1) is 14.5. The molecule has 2 rings (SSSR count). The number of hydrogen-bond acceptors (Lipinski definition) is 4. The van der Waals surface area contributed by atoms with E-state index in [1.165, 1.54) is 6.42 Å². The summed E-state index contributed by atoms with van der Waals surface area (Å²) in [5, 5.41) is 0.659. The van der Waals surface area contributed by atoms with Crippen LogP contribution in [-0.4, -0.2) is 24.2 Å². The van der Waals surface area contributed by atoms with Gasteiger partial charge in [0.15, 0.2) is 11.5 Å². The first-order chi connectivity index (χ1) is 9.20. The van der Waals surface area contributed by atoms with Gasteiger partial charge < -0.3 is 15.2 Å². The van der Waals surface area contributed by atoms with Crippen LogP contribution in [0.4, 0.5) is 0 Å². The Balaban J connectivity index is 2.02. The lowest BCUT2D eigenvalue weighted by molar-refractivity contribution is 0.297. The summed E-state index contributed by atoms with van der Waals surface area (Å²) in [6, 6.07) is 6.11. The second-order valence-electron chi connectivity index (χ2n) is 4.92. The highest BCUT2D eigenvalue weighted by Gasteiger charge is 2.14. The van der Waals surface area contributed by atoms with Crippen molar-refractivity contribution in [3.05, 3.63) is 23.8 Å². The van der Waals surface area contributed by atoms with E-state index in [1.807, 2.05) is 23.9 Å². The van der Waals surface area contributed by atoms with Crippen molar-refractivity contribution in [2.24, 2.45) is 5.73 Å². The smallest absolute Gasteiger partial charge is 0.161 e. The van der Waals surface area contributed by atoms with Gasteiger partial charge >= 0.3 is 0 Å². The van der Waals surface area contributed by atoms with Crippen LogP contribution in [0.25, 0.3) is 0 Å². The monoisotopic (exact) mass is 281 g/mol. The summed E-state index contributed by atoms with van der Waals surface area (Å²) >= 11 is 1.92. The van der Waals surface area contributed by atoms with Crippen LogP contribution in [0.2, 0.25) is 0 Å². The van der Waals surface area contributed by atoms with Gasteiger partial charge in [-0.25, -0.2) is 0 Å². The van der Waals surface area contributed by atoms with Crippen LogP contribution in [0.1, 0.15) is 38.3 Å². The number of fused-ring (bicyclic) bond motifs is 1. The van der Waals surface area contributed by atoms with E-state index in [-0.39, 0.29) is 6.04 Å². The van der Waals surface area contributed by atoms with E-state index in [9.17, 15) is 0 Å². The van der Waals surface area contributed by atoms with Crippen LogP contribution in [0, 0.1) is 0 Å². The molecule has 0 bridgehead atoms. The molecule has 0 aliphatic carbocycles.